The topological polar surface area (TPSA) is 63.9 Å². The van der Waals surface area contributed by atoms with Gasteiger partial charge in [-0.3, -0.25) is 9.55 Å². The first-order valence-corrected chi connectivity index (χ1v) is 6.40. The molecule has 0 atom stereocenters. The molecule has 0 amide bonds. The van der Waals surface area contributed by atoms with Crippen LogP contribution in [0.2, 0.25) is 0 Å². The highest BCUT2D eigenvalue weighted by molar-refractivity contribution is 5.28. The molecule has 0 unspecified atom stereocenters. The molecule has 0 N–H and O–H groups in total. The van der Waals surface area contributed by atoms with Crippen LogP contribution >= 0.6 is 0 Å². The molecule has 6 nitrogen and oxygen atoms in total. The summed E-state index contributed by atoms with van der Waals surface area (Å²) in [5, 5.41) is 0. The molecule has 2 aromatic rings. The molecular weight excluding hydrogens is 242 g/mol. The van der Waals surface area contributed by atoms with Crippen LogP contribution in [0.15, 0.2) is 35.6 Å². The Hall–Kier alpha value is -2.24. The number of nitrogens with zero attached hydrogens (tertiary/aromatic N) is 5. The third-order valence-electron chi connectivity index (χ3n) is 3.25. The van der Waals surface area contributed by atoms with Gasteiger partial charge in [-0.1, -0.05) is 0 Å². The largest absolute Gasteiger partial charge is 0.352 e. The third kappa shape index (κ3) is 2.62. The summed E-state index contributed by atoms with van der Waals surface area (Å²) in [7, 11) is 0. The van der Waals surface area contributed by atoms with Crippen LogP contribution < -0.4 is 10.6 Å². The highest BCUT2D eigenvalue weighted by atomic mass is 16.1. The van der Waals surface area contributed by atoms with Crippen molar-refractivity contribution in [2.24, 2.45) is 0 Å². The number of anilines is 1. The van der Waals surface area contributed by atoms with Gasteiger partial charge in [0.1, 0.15) is 6.33 Å². The highest BCUT2D eigenvalue weighted by Gasteiger charge is 2.15. The van der Waals surface area contributed by atoms with Gasteiger partial charge in [0.2, 0.25) is 5.95 Å². The molecule has 0 aromatic carbocycles. The van der Waals surface area contributed by atoms with Crippen molar-refractivity contribution in [2.45, 2.75) is 19.4 Å². The molecule has 0 radical (unpaired) electrons. The standard InChI is InChI=1S/C13H15N5O/c19-13-16-12(17-7-1-2-8-17)15-10-18(13)9-11-3-5-14-6-4-11/h3-6,10H,1-2,7-9H2. The fourth-order valence-corrected chi connectivity index (χ4v) is 2.21. The van der Waals surface area contributed by atoms with Gasteiger partial charge in [-0.25, -0.2) is 9.78 Å². The second-order valence-electron chi connectivity index (χ2n) is 4.62. The molecule has 1 aliphatic heterocycles. The Balaban J connectivity index is 1.82. The molecule has 0 spiro atoms. The summed E-state index contributed by atoms with van der Waals surface area (Å²) in [5.41, 5.74) is 0.753. The summed E-state index contributed by atoms with van der Waals surface area (Å²) in [6.07, 6.45) is 7.27. The molecule has 6 heteroatoms. The van der Waals surface area contributed by atoms with Crippen molar-refractivity contribution < 1.29 is 0 Å². The van der Waals surface area contributed by atoms with Crippen LogP contribution in [0, 0.1) is 0 Å². The Morgan fingerprint density at radius 1 is 1.16 bits per heavy atom. The third-order valence-corrected chi connectivity index (χ3v) is 3.25. The van der Waals surface area contributed by atoms with Gasteiger partial charge in [-0.2, -0.15) is 4.98 Å². The van der Waals surface area contributed by atoms with Crippen molar-refractivity contribution in [3.05, 3.63) is 46.9 Å². The number of rotatable bonds is 3. The molecule has 19 heavy (non-hydrogen) atoms. The van der Waals surface area contributed by atoms with E-state index in [0.717, 1.165) is 31.5 Å². The first kappa shape index (κ1) is 11.8. The van der Waals surface area contributed by atoms with Gasteiger partial charge in [0.05, 0.1) is 6.54 Å². The van der Waals surface area contributed by atoms with Crippen LogP contribution in [0.25, 0.3) is 0 Å². The summed E-state index contributed by atoms with van der Waals surface area (Å²) in [6.45, 7) is 2.35. The molecule has 1 aliphatic rings. The molecule has 0 aliphatic carbocycles. The lowest BCUT2D eigenvalue weighted by atomic mass is 10.3. The Kier molecular flexibility index (Phi) is 3.22. The van der Waals surface area contributed by atoms with E-state index in [-0.39, 0.29) is 5.69 Å². The quantitative estimate of drug-likeness (QED) is 0.809. The van der Waals surface area contributed by atoms with Crippen molar-refractivity contribution in [2.75, 3.05) is 18.0 Å². The van der Waals surface area contributed by atoms with Crippen molar-refractivity contribution in [3.63, 3.8) is 0 Å². The molecule has 2 aromatic heterocycles. The van der Waals surface area contributed by atoms with E-state index >= 15 is 0 Å². The van der Waals surface area contributed by atoms with E-state index in [2.05, 4.69) is 19.9 Å². The molecular formula is C13H15N5O. The van der Waals surface area contributed by atoms with Crippen LogP contribution in [0.1, 0.15) is 18.4 Å². The number of hydrogen-bond acceptors (Lipinski definition) is 5. The molecule has 1 fully saturated rings. The van der Waals surface area contributed by atoms with Gasteiger partial charge < -0.3 is 4.90 Å². The summed E-state index contributed by atoms with van der Waals surface area (Å²) in [4.78, 5) is 26.3. The number of aromatic nitrogens is 4. The van der Waals surface area contributed by atoms with E-state index in [4.69, 9.17) is 0 Å². The lowest BCUT2D eigenvalue weighted by Gasteiger charge is -2.14. The van der Waals surface area contributed by atoms with Crippen molar-refractivity contribution in [1.29, 1.82) is 0 Å². The summed E-state index contributed by atoms with van der Waals surface area (Å²) < 4.78 is 1.51. The van der Waals surface area contributed by atoms with Gasteiger partial charge in [0.15, 0.2) is 0 Å². The summed E-state index contributed by atoms with van der Waals surface area (Å²) in [6, 6.07) is 3.75. The predicted molar refractivity (Wildman–Crippen MR) is 71.1 cm³/mol. The second-order valence-corrected chi connectivity index (χ2v) is 4.62. The van der Waals surface area contributed by atoms with Crippen LogP contribution in [0.4, 0.5) is 5.95 Å². The van der Waals surface area contributed by atoms with Gasteiger partial charge in [-0.05, 0) is 30.5 Å². The van der Waals surface area contributed by atoms with E-state index in [1.54, 1.807) is 18.7 Å². The Labute approximate surface area is 110 Å². The SMILES string of the molecule is O=c1nc(N2CCCC2)ncn1Cc1ccncc1. The molecule has 0 saturated carbocycles. The minimum Gasteiger partial charge on any atom is -0.341 e. The van der Waals surface area contributed by atoms with Gasteiger partial charge in [0.25, 0.3) is 0 Å². The summed E-state index contributed by atoms with van der Waals surface area (Å²) >= 11 is 0. The first-order valence-electron chi connectivity index (χ1n) is 6.40. The number of pyridine rings is 1. The minimum absolute atomic E-state index is 0.256. The fraction of sp³-hybridized carbons (Fsp3) is 0.385. The zero-order valence-corrected chi connectivity index (χ0v) is 10.6. The average Bonchev–Trinajstić information content (AvgIpc) is 2.96. The van der Waals surface area contributed by atoms with E-state index in [1.807, 2.05) is 12.1 Å². The maximum Gasteiger partial charge on any atom is 0.352 e. The molecule has 0 bridgehead atoms. The predicted octanol–water partition coefficient (Wildman–Crippen LogP) is 0.682. The smallest absolute Gasteiger partial charge is 0.341 e. The van der Waals surface area contributed by atoms with Crippen molar-refractivity contribution in [1.82, 2.24) is 19.5 Å². The van der Waals surface area contributed by atoms with Gasteiger partial charge in [0, 0.05) is 25.5 Å². The zero-order chi connectivity index (χ0) is 13.1. The van der Waals surface area contributed by atoms with Gasteiger partial charge >= 0.3 is 5.69 Å². The zero-order valence-electron chi connectivity index (χ0n) is 10.6. The minimum atomic E-state index is -0.256. The van der Waals surface area contributed by atoms with Crippen LogP contribution in [-0.2, 0) is 6.54 Å². The van der Waals surface area contributed by atoms with E-state index in [1.165, 1.54) is 4.57 Å². The molecule has 3 rings (SSSR count). The number of hydrogen-bond donors (Lipinski definition) is 0. The summed E-state index contributed by atoms with van der Waals surface area (Å²) in [5.74, 6) is 0.550. The van der Waals surface area contributed by atoms with E-state index < -0.39 is 0 Å². The van der Waals surface area contributed by atoms with Crippen LogP contribution in [0.5, 0.6) is 0 Å². The Morgan fingerprint density at radius 3 is 2.58 bits per heavy atom. The second kappa shape index (κ2) is 5.17. The van der Waals surface area contributed by atoms with E-state index in [0.29, 0.717) is 12.5 Å². The fourth-order valence-electron chi connectivity index (χ4n) is 2.21. The highest BCUT2D eigenvalue weighted by Crippen LogP contribution is 2.13. The van der Waals surface area contributed by atoms with E-state index in [9.17, 15) is 4.79 Å². The maximum atomic E-state index is 12.0. The Bertz CT molecular complexity index is 604. The van der Waals surface area contributed by atoms with Crippen LogP contribution in [-0.4, -0.2) is 32.6 Å². The van der Waals surface area contributed by atoms with Gasteiger partial charge in [-0.15, -0.1) is 0 Å². The average molecular weight is 257 g/mol. The lowest BCUT2D eigenvalue weighted by molar-refractivity contribution is 0.690. The normalized spacial score (nSPS) is 14.8. The molecule has 3 heterocycles. The van der Waals surface area contributed by atoms with Crippen molar-refractivity contribution in [3.8, 4) is 0 Å². The van der Waals surface area contributed by atoms with Crippen molar-refractivity contribution >= 4 is 5.95 Å². The molecule has 1 saturated heterocycles. The first-order chi connectivity index (χ1) is 9.33. The molecule has 98 valence electrons. The lowest BCUT2D eigenvalue weighted by Crippen LogP contribution is -2.29. The monoisotopic (exact) mass is 257 g/mol. The Morgan fingerprint density at radius 2 is 1.89 bits per heavy atom. The maximum absolute atomic E-state index is 12.0. The van der Waals surface area contributed by atoms with Crippen LogP contribution in [0.3, 0.4) is 0 Å².